The molecule has 21 heavy (non-hydrogen) atoms. The first kappa shape index (κ1) is 16.5. The third-order valence-corrected chi connectivity index (χ3v) is 6.45. The summed E-state index contributed by atoms with van der Waals surface area (Å²) in [5, 5.41) is 3.44. The molecule has 0 radical (unpaired) electrons. The first-order chi connectivity index (χ1) is 10.2. The Morgan fingerprint density at radius 2 is 1.90 bits per heavy atom. The third-order valence-electron chi connectivity index (χ3n) is 4.54. The van der Waals surface area contributed by atoms with Crippen LogP contribution in [0.2, 0.25) is 0 Å². The topological polar surface area (TPSA) is 38.3 Å². The minimum absolute atomic E-state index is 0.115. The molecule has 0 amide bonds. The van der Waals surface area contributed by atoms with E-state index in [0.717, 1.165) is 11.5 Å². The van der Waals surface area contributed by atoms with Crippen LogP contribution in [0.4, 0.5) is 0 Å². The highest BCUT2D eigenvalue weighted by molar-refractivity contribution is 7.85. The summed E-state index contributed by atoms with van der Waals surface area (Å²) in [5.74, 6) is 2.38. The Bertz CT molecular complexity index is 454. The van der Waals surface area contributed by atoms with Gasteiger partial charge in [-0.15, -0.1) is 0 Å². The lowest BCUT2D eigenvalue weighted by Gasteiger charge is -2.25. The van der Waals surface area contributed by atoms with E-state index in [0.29, 0.717) is 5.92 Å². The van der Waals surface area contributed by atoms with Gasteiger partial charge in [-0.1, -0.05) is 25.0 Å². The lowest BCUT2D eigenvalue weighted by atomic mass is 10.0. The molecule has 1 N–H and O–H groups in total. The highest BCUT2D eigenvalue weighted by Crippen LogP contribution is 2.28. The summed E-state index contributed by atoms with van der Waals surface area (Å²) in [7, 11) is 2.83. The van der Waals surface area contributed by atoms with Crippen LogP contribution in [0.25, 0.3) is 0 Å². The zero-order valence-electron chi connectivity index (χ0n) is 13.3. The van der Waals surface area contributed by atoms with Gasteiger partial charge in [-0.3, -0.25) is 4.21 Å². The summed E-state index contributed by atoms with van der Waals surface area (Å²) >= 11 is 0. The fourth-order valence-electron chi connectivity index (χ4n) is 3.20. The molecule has 2 rings (SSSR count). The number of rotatable bonds is 7. The van der Waals surface area contributed by atoms with Gasteiger partial charge in [0.05, 0.1) is 12.4 Å². The van der Waals surface area contributed by atoms with Crippen molar-refractivity contribution < 1.29 is 8.95 Å². The second-order valence-corrected chi connectivity index (χ2v) is 7.78. The minimum atomic E-state index is -0.786. The van der Waals surface area contributed by atoms with Gasteiger partial charge in [-0.2, -0.15) is 0 Å². The SMILES string of the molecule is CNC(c1ccc(OC)cc1)C(C)S(=O)CC1CCCC1. The van der Waals surface area contributed by atoms with Crippen LogP contribution in [0.5, 0.6) is 5.75 Å². The van der Waals surface area contributed by atoms with E-state index in [1.54, 1.807) is 7.11 Å². The summed E-state index contributed by atoms with van der Waals surface area (Å²) in [6, 6.07) is 8.17. The van der Waals surface area contributed by atoms with E-state index in [1.165, 1.54) is 31.2 Å². The molecule has 1 fully saturated rings. The van der Waals surface area contributed by atoms with Crippen molar-refractivity contribution in [2.75, 3.05) is 19.9 Å². The summed E-state index contributed by atoms with van der Waals surface area (Å²) in [6.07, 6.45) is 5.13. The Morgan fingerprint density at radius 1 is 1.29 bits per heavy atom. The van der Waals surface area contributed by atoms with Gasteiger partial charge >= 0.3 is 0 Å². The average molecular weight is 309 g/mol. The number of hydrogen-bond donors (Lipinski definition) is 1. The zero-order valence-corrected chi connectivity index (χ0v) is 14.1. The molecule has 1 aromatic carbocycles. The molecule has 1 aliphatic carbocycles. The minimum Gasteiger partial charge on any atom is -0.497 e. The molecular weight excluding hydrogens is 282 g/mol. The highest BCUT2D eigenvalue weighted by atomic mass is 32.2. The van der Waals surface area contributed by atoms with E-state index in [1.807, 2.05) is 19.2 Å². The van der Waals surface area contributed by atoms with Crippen molar-refractivity contribution in [2.45, 2.75) is 43.9 Å². The first-order valence-electron chi connectivity index (χ1n) is 7.84. The monoisotopic (exact) mass is 309 g/mol. The predicted molar refractivity (Wildman–Crippen MR) is 89.2 cm³/mol. The number of ether oxygens (including phenoxy) is 1. The van der Waals surface area contributed by atoms with E-state index in [2.05, 4.69) is 24.4 Å². The van der Waals surface area contributed by atoms with Gasteiger partial charge in [0.1, 0.15) is 5.75 Å². The van der Waals surface area contributed by atoms with Gasteiger partial charge in [-0.25, -0.2) is 0 Å². The quantitative estimate of drug-likeness (QED) is 0.840. The smallest absolute Gasteiger partial charge is 0.118 e. The summed E-state index contributed by atoms with van der Waals surface area (Å²) in [4.78, 5) is 0. The Hall–Kier alpha value is -0.870. The second-order valence-electron chi connectivity index (χ2n) is 5.94. The zero-order chi connectivity index (χ0) is 15.2. The standard InChI is InChI=1S/C17H27NO2S/c1-13(21(19)12-14-6-4-5-7-14)17(18-2)15-8-10-16(20-3)11-9-15/h8-11,13-14,17-18H,4-7,12H2,1-3H3. The second kappa shape index (κ2) is 7.95. The molecule has 0 aromatic heterocycles. The van der Waals surface area contributed by atoms with Crippen molar-refractivity contribution in [1.82, 2.24) is 5.32 Å². The van der Waals surface area contributed by atoms with Gasteiger partial charge in [0, 0.05) is 22.6 Å². The van der Waals surface area contributed by atoms with Gasteiger partial charge in [0.2, 0.25) is 0 Å². The molecule has 3 atom stereocenters. The van der Waals surface area contributed by atoms with Gasteiger partial charge in [-0.05, 0) is 50.4 Å². The van der Waals surface area contributed by atoms with Crippen molar-refractivity contribution in [3.8, 4) is 5.75 Å². The van der Waals surface area contributed by atoms with Gasteiger partial charge in [0.25, 0.3) is 0 Å². The van der Waals surface area contributed by atoms with Crippen molar-refractivity contribution in [1.29, 1.82) is 0 Å². The Balaban J connectivity index is 2.02. The Morgan fingerprint density at radius 3 is 2.43 bits per heavy atom. The van der Waals surface area contributed by atoms with E-state index >= 15 is 0 Å². The maximum atomic E-state index is 12.6. The molecule has 1 saturated carbocycles. The summed E-state index contributed by atoms with van der Waals surface area (Å²) < 4.78 is 17.8. The highest BCUT2D eigenvalue weighted by Gasteiger charge is 2.26. The molecule has 3 nitrogen and oxygen atoms in total. The molecule has 1 aliphatic rings. The van der Waals surface area contributed by atoms with Crippen LogP contribution < -0.4 is 10.1 Å². The van der Waals surface area contributed by atoms with E-state index < -0.39 is 10.8 Å². The van der Waals surface area contributed by atoms with Crippen molar-refractivity contribution in [2.24, 2.45) is 5.92 Å². The molecule has 4 heteroatoms. The lowest BCUT2D eigenvalue weighted by molar-refractivity contribution is 0.414. The fraction of sp³-hybridized carbons (Fsp3) is 0.647. The first-order valence-corrected chi connectivity index (χ1v) is 9.22. The van der Waals surface area contributed by atoms with Crippen molar-refractivity contribution in [3.63, 3.8) is 0 Å². The molecule has 0 aliphatic heterocycles. The van der Waals surface area contributed by atoms with Gasteiger partial charge < -0.3 is 10.1 Å². The molecule has 3 unspecified atom stereocenters. The Labute approximate surface area is 130 Å². The maximum absolute atomic E-state index is 12.6. The molecular formula is C17H27NO2S. The number of nitrogens with one attached hydrogen (secondary N) is 1. The van der Waals surface area contributed by atoms with Crippen LogP contribution in [0, 0.1) is 5.92 Å². The largest absolute Gasteiger partial charge is 0.497 e. The predicted octanol–water partition coefficient (Wildman–Crippen LogP) is 3.28. The van der Waals surface area contributed by atoms with Gasteiger partial charge in [0.15, 0.2) is 0 Å². The lowest BCUT2D eigenvalue weighted by Crippen LogP contribution is -2.32. The average Bonchev–Trinajstić information content (AvgIpc) is 3.01. The summed E-state index contributed by atoms with van der Waals surface area (Å²) in [6.45, 7) is 2.09. The van der Waals surface area contributed by atoms with E-state index in [4.69, 9.17) is 4.74 Å². The third kappa shape index (κ3) is 4.30. The van der Waals surface area contributed by atoms with Crippen LogP contribution in [0.15, 0.2) is 24.3 Å². The molecule has 0 bridgehead atoms. The number of methoxy groups -OCH3 is 1. The van der Waals surface area contributed by atoms with Crippen molar-refractivity contribution >= 4 is 10.8 Å². The van der Waals surface area contributed by atoms with Crippen LogP contribution in [0.1, 0.15) is 44.2 Å². The van der Waals surface area contributed by atoms with Crippen LogP contribution in [0.3, 0.4) is 0 Å². The van der Waals surface area contributed by atoms with E-state index in [-0.39, 0.29) is 11.3 Å². The molecule has 0 saturated heterocycles. The maximum Gasteiger partial charge on any atom is 0.118 e. The van der Waals surface area contributed by atoms with Crippen molar-refractivity contribution in [3.05, 3.63) is 29.8 Å². The number of benzene rings is 1. The normalized spacial score (nSPS) is 20.1. The molecule has 1 aromatic rings. The molecule has 0 heterocycles. The number of hydrogen-bond acceptors (Lipinski definition) is 3. The Kier molecular flexibility index (Phi) is 6.24. The van der Waals surface area contributed by atoms with Crippen LogP contribution in [-0.4, -0.2) is 29.4 Å². The van der Waals surface area contributed by atoms with Crippen LogP contribution >= 0.6 is 0 Å². The molecule has 0 spiro atoms. The molecule has 118 valence electrons. The summed E-state index contributed by atoms with van der Waals surface area (Å²) in [5.41, 5.74) is 1.17. The fourth-order valence-corrected chi connectivity index (χ4v) is 4.89. The van der Waals surface area contributed by atoms with Crippen LogP contribution in [-0.2, 0) is 10.8 Å². The van der Waals surface area contributed by atoms with E-state index in [9.17, 15) is 4.21 Å².